The van der Waals surface area contributed by atoms with Gasteiger partial charge in [0.15, 0.2) is 0 Å². The van der Waals surface area contributed by atoms with E-state index in [1.165, 1.54) is 24.9 Å². The normalized spacial score (nSPS) is 29.3. The first kappa shape index (κ1) is 13.6. The monoisotopic (exact) mass is 280 g/mol. The van der Waals surface area contributed by atoms with Gasteiger partial charge in [-0.3, -0.25) is 4.90 Å². The Hall–Kier alpha value is -0.420. The van der Waals surface area contributed by atoms with Gasteiger partial charge in [0.25, 0.3) is 0 Å². The van der Waals surface area contributed by atoms with Crippen molar-refractivity contribution < 1.29 is 4.74 Å². The predicted molar refractivity (Wildman–Crippen MR) is 79.8 cm³/mol. The van der Waals surface area contributed by atoms with Gasteiger partial charge in [0.2, 0.25) is 0 Å². The maximum atomic E-state index is 6.11. The average molecular weight is 280 g/mol. The highest BCUT2D eigenvalue weighted by Crippen LogP contribution is 2.24. The Balaban J connectivity index is 1.53. The molecule has 0 saturated carbocycles. The summed E-state index contributed by atoms with van der Waals surface area (Å²) < 4.78 is 6.11. The molecule has 0 amide bonds. The minimum atomic E-state index is 0.359. The fraction of sp³-hybridized carbons (Fsp3) is 0.733. The van der Waals surface area contributed by atoms with Crippen molar-refractivity contribution in [2.45, 2.75) is 43.9 Å². The summed E-state index contributed by atoms with van der Waals surface area (Å²) in [5.74, 6) is 0. The van der Waals surface area contributed by atoms with Gasteiger partial charge in [0, 0.05) is 18.6 Å². The van der Waals surface area contributed by atoms with Gasteiger partial charge in [-0.15, -0.1) is 0 Å². The first-order chi connectivity index (χ1) is 9.36. The molecule has 3 heterocycles. The van der Waals surface area contributed by atoms with Crippen molar-refractivity contribution in [1.29, 1.82) is 0 Å². The smallest absolute Gasteiger partial charge is 0.0855 e. The van der Waals surface area contributed by atoms with Crippen molar-refractivity contribution in [2.24, 2.45) is 0 Å². The molecule has 1 aromatic heterocycles. The van der Waals surface area contributed by atoms with Crippen LogP contribution in [0.5, 0.6) is 0 Å². The number of hydrogen-bond acceptors (Lipinski definition) is 4. The Morgan fingerprint density at radius 2 is 2.53 bits per heavy atom. The van der Waals surface area contributed by atoms with Crippen molar-refractivity contribution in [3.05, 3.63) is 22.4 Å². The van der Waals surface area contributed by atoms with E-state index in [9.17, 15) is 0 Å². The summed E-state index contributed by atoms with van der Waals surface area (Å²) in [6, 6.07) is 3.40. The van der Waals surface area contributed by atoms with Crippen LogP contribution in [0.1, 0.15) is 24.8 Å². The number of thiophene rings is 1. The molecule has 3 atom stereocenters. The quantitative estimate of drug-likeness (QED) is 0.894. The second-order valence-corrected chi connectivity index (χ2v) is 6.51. The molecule has 1 N–H and O–H groups in total. The van der Waals surface area contributed by atoms with E-state index in [1.807, 2.05) is 0 Å². The fourth-order valence-electron chi connectivity index (χ4n) is 3.36. The lowest BCUT2D eigenvalue weighted by Gasteiger charge is -2.38. The molecule has 106 valence electrons. The number of hydrogen-bond donors (Lipinski definition) is 1. The van der Waals surface area contributed by atoms with Gasteiger partial charge >= 0.3 is 0 Å². The van der Waals surface area contributed by atoms with E-state index in [1.54, 1.807) is 11.3 Å². The molecule has 3 unspecified atom stereocenters. The van der Waals surface area contributed by atoms with Gasteiger partial charge in [-0.25, -0.2) is 0 Å². The van der Waals surface area contributed by atoms with E-state index >= 15 is 0 Å². The number of nitrogens with one attached hydrogen (secondary N) is 1. The molecule has 2 aliphatic rings. The zero-order valence-electron chi connectivity index (χ0n) is 11.7. The van der Waals surface area contributed by atoms with Crippen LogP contribution in [0.4, 0.5) is 0 Å². The lowest BCUT2D eigenvalue weighted by Crippen LogP contribution is -2.53. The van der Waals surface area contributed by atoms with Crippen molar-refractivity contribution >= 4 is 11.3 Å². The van der Waals surface area contributed by atoms with Crippen LogP contribution in [-0.4, -0.2) is 49.8 Å². The van der Waals surface area contributed by atoms with Gasteiger partial charge in [0.05, 0.1) is 12.7 Å². The lowest BCUT2D eigenvalue weighted by atomic mass is 10.0. The van der Waals surface area contributed by atoms with E-state index in [4.69, 9.17) is 4.74 Å². The third-order valence-electron chi connectivity index (χ3n) is 4.56. The van der Waals surface area contributed by atoms with Crippen molar-refractivity contribution in [2.75, 3.05) is 26.7 Å². The van der Waals surface area contributed by atoms with Gasteiger partial charge in [-0.2, -0.15) is 11.3 Å². The molecule has 0 aliphatic carbocycles. The topological polar surface area (TPSA) is 24.5 Å². The van der Waals surface area contributed by atoms with Crippen LogP contribution < -0.4 is 5.32 Å². The SMILES string of the molecule is CNC(CCc1ccsc1)C1CN2CCCC2CO1. The van der Waals surface area contributed by atoms with Crippen LogP contribution in [-0.2, 0) is 11.2 Å². The Labute approximate surface area is 119 Å². The number of fused-ring (bicyclic) bond motifs is 1. The van der Waals surface area contributed by atoms with E-state index in [-0.39, 0.29) is 0 Å². The van der Waals surface area contributed by atoms with Gasteiger partial charge < -0.3 is 10.1 Å². The summed E-state index contributed by atoms with van der Waals surface area (Å²) >= 11 is 1.79. The molecule has 4 heteroatoms. The van der Waals surface area contributed by atoms with Crippen molar-refractivity contribution in [1.82, 2.24) is 10.2 Å². The first-order valence-corrected chi connectivity index (χ1v) is 8.35. The standard InChI is InChI=1S/C15H24N2OS/c1-16-14(5-4-12-6-8-19-11-12)15-9-17-7-2-3-13(17)10-18-15/h6,8,11,13-16H,2-5,7,9-10H2,1H3. The predicted octanol–water partition coefficient (Wildman–Crippen LogP) is 2.13. The zero-order chi connectivity index (χ0) is 13.1. The summed E-state index contributed by atoms with van der Waals surface area (Å²) in [6.07, 6.45) is 5.35. The maximum absolute atomic E-state index is 6.11. The molecule has 19 heavy (non-hydrogen) atoms. The number of aryl methyl sites for hydroxylation is 1. The van der Waals surface area contributed by atoms with E-state index < -0.39 is 0 Å². The second-order valence-electron chi connectivity index (χ2n) is 5.73. The number of morpholine rings is 1. The lowest BCUT2D eigenvalue weighted by molar-refractivity contribution is -0.0645. The first-order valence-electron chi connectivity index (χ1n) is 7.41. The fourth-order valence-corrected chi connectivity index (χ4v) is 4.06. The van der Waals surface area contributed by atoms with Crippen LogP contribution in [0.2, 0.25) is 0 Å². The molecule has 3 nitrogen and oxygen atoms in total. The summed E-state index contributed by atoms with van der Waals surface area (Å²) in [7, 11) is 2.07. The maximum Gasteiger partial charge on any atom is 0.0855 e. The van der Waals surface area contributed by atoms with Crippen molar-refractivity contribution in [3.8, 4) is 0 Å². The number of likely N-dealkylation sites (N-methyl/N-ethyl adjacent to an activating group) is 1. The minimum Gasteiger partial charge on any atom is -0.374 e. The van der Waals surface area contributed by atoms with Crippen LogP contribution in [0.15, 0.2) is 16.8 Å². The number of nitrogens with zero attached hydrogens (tertiary/aromatic N) is 1. The molecule has 2 saturated heterocycles. The molecule has 2 aliphatic heterocycles. The molecule has 3 rings (SSSR count). The summed E-state index contributed by atoms with van der Waals surface area (Å²) in [6.45, 7) is 3.31. The second kappa shape index (κ2) is 6.35. The van der Waals surface area contributed by atoms with Crippen LogP contribution in [0, 0.1) is 0 Å². The van der Waals surface area contributed by atoms with Gasteiger partial charge in [-0.1, -0.05) is 0 Å². The van der Waals surface area contributed by atoms with Crippen LogP contribution in [0.25, 0.3) is 0 Å². The van der Waals surface area contributed by atoms with E-state index in [0.717, 1.165) is 26.0 Å². The zero-order valence-corrected chi connectivity index (χ0v) is 12.5. The van der Waals surface area contributed by atoms with Crippen LogP contribution >= 0.6 is 11.3 Å². The van der Waals surface area contributed by atoms with Gasteiger partial charge in [0.1, 0.15) is 0 Å². The Morgan fingerprint density at radius 3 is 3.32 bits per heavy atom. The highest BCUT2D eigenvalue weighted by atomic mass is 32.1. The van der Waals surface area contributed by atoms with Crippen molar-refractivity contribution in [3.63, 3.8) is 0 Å². The highest BCUT2D eigenvalue weighted by Gasteiger charge is 2.35. The van der Waals surface area contributed by atoms with Crippen LogP contribution in [0.3, 0.4) is 0 Å². The third-order valence-corrected chi connectivity index (χ3v) is 5.29. The Bertz CT molecular complexity index is 382. The third kappa shape index (κ3) is 3.19. The molecular weight excluding hydrogens is 256 g/mol. The summed E-state index contributed by atoms with van der Waals surface area (Å²) in [5.41, 5.74) is 1.46. The number of ether oxygens (including phenoxy) is 1. The molecule has 1 aromatic rings. The summed E-state index contributed by atoms with van der Waals surface area (Å²) in [5, 5.41) is 7.88. The molecule has 2 fully saturated rings. The largest absolute Gasteiger partial charge is 0.374 e. The van der Waals surface area contributed by atoms with E-state index in [0.29, 0.717) is 18.2 Å². The molecule has 0 radical (unpaired) electrons. The highest BCUT2D eigenvalue weighted by molar-refractivity contribution is 7.07. The molecule has 0 aromatic carbocycles. The van der Waals surface area contributed by atoms with E-state index in [2.05, 4.69) is 34.1 Å². The molecule has 0 spiro atoms. The Morgan fingerprint density at radius 1 is 1.58 bits per heavy atom. The average Bonchev–Trinajstić information content (AvgIpc) is 3.09. The summed E-state index contributed by atoms with van der Waals surface area (Å²) in [4.78, 5) is 2.63. The molecular formula is C15H24N2OS. The minimum absolute atomic E-state index is 0.359. The Kier molecular flexibility index (Phi) is 4.53. The molecule has 0 bridgehead atoms. The van der Waals surface area contributed by atoms with Gasteiger partial charge in [-0.05, 0) is 61.7 Å². The number of rotatable bonds is 5.